The monoisotopic (exact) mass is 491 g/mol. The lowest BCUT2D eigenvalue weighted by Gasteiger charge is -2.47. The standard InChI is InChI=1S/C24H38FN7O3/c1-8-15-11-17(12-16(9-2)32(15)23(34)35-24(4,5)6)31(7)22-26-18(13-33)20(25)21(28-22)27-19-10-14(3)29-30-19/h10,15-17,33H,8-9,11-13H2,1-7H3,(H2,26,27,28,29,30)/t15-,16+,17?. The van der Waals surface area contributed by atoms with E-state index in [2.05, 4.69) is 39.3 Å². The molecule has 3 rings (SSSR count). The van der Waals surface area contributed by atoms with Gasteiger partial charge in [-0.1, -0.05) is 13.8 Å². The van der Waals surface area contributed by atoms with Crippen molar-refractivity contribution in [1.29, 1.82) is 0 Å². The summed E-state index contributed by atoms with van der Waals surface area (Å²) in [5.74, 6) is -0.0587. The number of aryl methyl sites for hydroxylation is 1. The second kappa shape index (κ2) is 10.8. The van der Waals surface area contributed by atoms with Gasteiger partial charge in [-0.3, -0.25) is 5.10 Å². The third kappa shape index (κ3) is 6.19. The number of carbonyl (C=O) groups is 1. The van der Waals surface area contributed by atoms with E-state index in [-0.39, 0.29) is 35.7 Å². The second-order valence-corrected chi connectivity index (χ2v) is 10.1. The number of hydrogen-bond acceptors (Lipinski definition) is 8. The number of aromatic nitrogens is 4. The Hall–Kier alpha value is -2.95. The molecule has 1 aliphatic heterocycles. The van der Waals surface area contributed by atoms with Crippen LogP contribution in [0.25, 0.3) is 0 Å². The first-order valence-electron chi connectivity index (χ1n) is 12.2. The molecule has 35 heavy (non-hydrogen) atoms. The lowest BCUT2D eigenvalue weighted by molar-refractivity contribution is -0.00936. The summed E-state index contributed by atoms with van der Waals surface area (Å²) in [6.45, 7) is 11.0. The van der Waals surface area contributed by atoms with Crippen molar-refractivity contribution in [3.63, 3.8) is 0 Å². The zero-order valence-electron chi connectivity index (χ0n) is 21.7. The van der Waals surface area contributed by atoms with E-state index in [0.717, 1.165) is 18.5 Å². The molecule has 1 saturated heterocycles. The largest absolute Gasteiger partial charge is 0.444 e. The molecule has 2 aromatic rings. The van der Waals surface area contributed by atoms with Gasteiger partial charge in [0.1, 0.15) is 11.3 Å². The number of nitrogens with one attached hydrogen (secondary N) is 2. The molecule has 0 aromatic carbocycles. The van der Waals surface area contributed by atoms with E-state index in [4.69, 9.17) is 4.74 Å². The minimum atomic E-state index is -0.720. The fourth-order valence-corrected chi connectivity index (χ4v) is 4.50. The first kappa shape index (κ1) is 26.7. The maximum atomic E-state index is 14.9. The van der Waals surface area contributed by atoms with Crippen molar-refractivity contribution in [1.82, 2.24) is 25.1 Å². The Labute approximate surface area is 206 Å². The number of halogens is 1. The van der Waals surface area contributed by atoms with Crippen molar-refractivity contribution in [2.24, 2.45) is 0 Å². The van der Waals surface area contributed by atoms with Gasteiger partial charge in [0.2, 0.25) is 5.95 Å². The van der Waals surface area contributed by atoms with Gasteiger partial charge in [0.05, 0.1) is 6.61 Å². The molecule has 1 fully saturated rings. The number of anilines is 3. The molecule has 1 unspecified atom stereocenters. The summed E-state index contributed by atoms with van der Waals surface area (Å²) >= 11 is 0. The quantitative estimate of drug-likeness (QED) is 0.525. The average molecular weight is 492 g/mol. The number of hydrogen-bond donors (Lipinski definition) is 3. The average Bonchev–Trinajstić information content (AvgIpc) is 3.22. The van der Waals surface area contributed by atoms with Gasteiger partial charge >= 0.3 is 6.09 Å². The summed E-state index contributed by atoms with van der Waals surface area (Å²) in [5, 5.41) is 19.5. The number of ether oxygens (including phenoxy) is 1. The van der Waals surface area contributed by atoms with E-state index in [1.807, 2.05) is 44.5 Å². The fourth-order valence-electron chi connectivity index (χ4n) is 4.50. The molecule has 0 spiro atoms. The Balaban J connectivity index is 1.87. The second-order valence-electron chi connectivity index (χ2n) is 10.1. The summed E-state index contributed by atoms with van der Waals surface area (Å²) in [6.07, 6.45) is 2.65. The summed E-state index contributed by atoms with van der Waals surface area (Å²) in [6, 6.07) is 1.71. The Morgan fingerprint density at radius 1 is 1.29 bits per heavy atom. The van der Waals surface area contributed by atoms with E-state index >= 15 is 0 Å². The minimum absolute atomic E-state index is 0.0149. The molecule has 2 aromatic heterocycles. The number of carbonyl (C=O) groups excluding carboxylic acids is 1. The van der Waals surface area contributed by atoms with Gasteiger partial charge < -0.3 is 25.0 Å². The van der Waals surface area contributed by atoms with Crippen LogP contribution in [0.15, 0.2) is 6.07 Å². The van der Waals surface area contributed by atoms with E-state index in [1.54, 1.807) is 6.07 Å². The van der Waals surface area contributed by atoms with Crippen molar-refractivity contribution in [2.75, 3.05) is 17.3 Å². The predicted molar refractivity (Wildman–Crippen MR) is 132 cm³/mol. The van der Waals surface area contributed by atoms with Crippen molar-refractivity contribution >= 4 is 23.7 Å². The van der Waals surface area contributed by atoms with Crippen LogP contribution in [0.1, 0.15) is 71.7 Å². The number of rotatable bonds is 7. The summed E-state index contributed by atoms with van der Waals surface area (Å²) in [4.78, 5) is 25.5. The van der Waals surface area contributed by atoms with Crippen molar-refractivity contribution in [3.05, 3.63) is 23.3 Å². The molecule has 0 radical (unpaired) electrons. The molecule has 10 nitrogen and oxygen atoms in total. The van der Waals surface area contributed by atoms with E-state index in [9.17, 15) is 14.3 Å². The van der Waals surface area contributed by atoms with Crippen molar-refractivity contribution in [2.45, 2.75) is 97.6 Å². The molecule has 1 aliphatic rings. The smallest absolute Gasteiger partial charge is 0.410 e. The summed E-state index contributed by atoms with van der Waals surface area (Å²) < 4.78 is 20.6. The zero-order valence-corrected chi connectivity index (χ0v) is 21.7. The first-order chi connectivity index (χ1) is 16.5. The van der Waals surface area contributed by atoms with Crippen LogP contribution in [0.3, 0.4) is 0 Å². The molecule has 0 aliphatic carbocycles. The Morgan fingerprint density at radius 2 is 1.91 bits per heavy atom. The first-order valence-corrected chi connectivity index (χ1v) is 12.2. The highest BCUT2D eigenvalue weighted by Gasteiger charge is 2.40. The lowest BCUT2D eigenvalue weighted by Crippen LogP contribution is -2.57. The van der Waals surface area contributed by atoms with Crippen LogP contribution in [0.5, 0.6) is 0 Å². The number of amides is 1. The van der Waals surface area contributed by atoms with E-state index < -0.39 is 18.0 Å². The maximum absolute atomic E-state index is 14.9. The number of aliphatic hydroxyl groups excluding tert-OH is 1. The molecule has 194 valence electrons. The van der Waals surface area contributed by atoms with E-state index in [1.165, 1.54) is 0 Å². The van der Waals surface area contributed by atoms with Gasteiger partial charge in [-0.15, -0.1) is 0 Å². The molecular weight excluding hydrogens is 453 g/mol. The molecule has 0 saturated carbocycles. The highest BCUT2D eigenvalue weighted by atomic mass is 19.1. The fraction of sp³-hybridized carbons (Fsp3) is 0.667. The van der Waals surface area contributed by atoms with Gasteiger partial charge in [-0.2, -0.15) is 10.1 Å². The Bertz CT molecular complexity index is 1010. The molecule has 11 heteroatoms. The van der Waals surface area contributed by atoms with Crippen LogP contribution in [0.4, 0.5) is 26.8 Å². The highest BCUT2D eigenvalue weighted by molar-refractivity contribution is 5.69. The molecule has 0 bridgehead atoms. The number of aromatic amines is 1. The van der Waals surface area contributed by atoms with Crippen LogP contribution in [-0.2, 0) is 11.3 Å². The predicted octanol–water partition coefficient (Wildman–Crippen LogP) is 4.28. The van der Waals surface area contributed by atoms with Gasteiger partial charge in [-0.25, -0.2) is 14.2 Å². The molecule has 1 amide bonds. The Morgan fingerprint density at radius 3 is 2.40 bits per heavy atom. The summed E-state index contributed by atoms with van der Waals surface area (Å²) in [7, 11) is 1.87. The molecule has 3 N–H and O–H groups in total. The topological polar surface area (TPSA) is 120 Å². The highest BCUT2D eigenvalue weighted by Crippen LogP contribution is 2.33. The number of nitrogens with zero attached hydrogens (tertiary/aromatic N) is 5. The molecule has 3 heterocycles. The van der Waals surface area contributed by atoms with E-state index in [0.29, 0.717) is 24.6 Å². The third-order valence-electron chi connectivity index (χ3n) is 6.30. The van der Waals surface area contributed by atoms with Crippen LogP contribution in [0.2, 0.25) is 0 Å². The molecular formula is C24H38FN7O3. The van der Waals surface area contributed by atoms with Crippen LogP contribution in [-0.4, -0.2) is 67.0 Å². The third-order valence-corrected chi connectivity index (χ3v) is 6.30. The van der Waals surface area contributed by atoms with Crippen LogP contribution in [0, 0.1) is 12.7 Å². The normalized spacial score (nSPS) is 20.6. The number of piperidine rings is 1. The van der Waals surface area contributed by atoms with Gasteiger partial charge in [0, 0.05) is 36.9 Å². The van der Waals surface area contributed by atoms with Gasteiger partial charge in [0.15, 0.2) is 17.5 Å². The van der Waals surface area contributed by atoms with Crippen LogP contribution >= 0.6 is 0 Å². The van der Waals surface area contributed by atoms with Gasteiger partial charge in [0.25, 0.3) is 0 Å². The van der Waals surface area contributed by atoms with Crippen molar-refractivity contribution in [3.8, 4) is 0 Å². The van der Waals surface area contributed by atoms with Crippen molar-refractivity contribution < 1.29 is 19.0 Å². The lowest BCUT2D eigenvalue weighted by atomic mass is 9.88. The Kier molecular flexibility index (Phi) is 8.19. The number of H-pyrrole nitrogens is 1. The SMILES string of the molecule is CC[C@@H]1CC(N(C)c2nc(CO)c(F)c(Nc3cc(C)[nH]n3)n2)C[C@H](CC)N1C(=O)OC(C)(C)C. The summed E-state index contributed by atoms with van der Waals surface area (Å²) in [5.41, 5.74) is 0.150. The van der Waals surface area contributed by atoms with Gasteiger partial charge in [-0.05, 0) is 53.4 Å². The number of likely N-dealkylation sites (tertiary alicyclic amines) is 1. The minimum Gasteiger partial charge on any atom is -0.444 e. The molecule has 3 atom stereocenters. The number of aliphatic hydroxyl groups is 1. The van der Waals surface area contributed by atoms with Crippen LogP contribution < -0.4 is 10.2 Å². The zero-order chi connectivity index (χ0) is 25.9. The maximum Gasteiger partial charge on any atom is 0.410 e.